The molecule has 0 unspecified atom stereocenters. The molecule has 0 spiro atoms. The summed E-state index contributed by atoms with van der Waals surface area (Å²) in [5, 5.41) is 13.0. The molecule has 30 heavy (non-hydrogen) atoms. The van der Waals surface area contributed by atoms with Crippen molar-refractivity contribution in [1.82, 2.24) is 19.9 Å². The summed E-state index contributed by atoms with van der Waals surface area (Å²) in [4.78, 5) is 42.7. The van der Waals surface area contributed by atoms with Crippen LogP contribution >= 0.6 is 22.9 Å². The number of carboxylic acids is 1. The maximum atomic E-state index is 12.6. The zero-order chi connectivity index (χ0) is 21.8. The summed E-state index contributed by atoms with van der Waals surface area (Å²) in [6.07, 6.45) is 2.41. The van der Waals surface area contributed by atoms with E-state index in [4.69, 9.17) is 11.6 Å². The summed E-state index contributed by atoms with van der Waals surface area (Å²) in [5.74, 6) is -0.782. The molecule has 3 aromatic heterocycles. The Morgan fingerprint density at radius 1 is 1.20 bits per heavy atom. The van der Waals surface area contributed by atoms with E-state index in [2.05, 4.69) is 44.0 Å². The summed E-state index contributed by atoms with van der Waals surface area (Å²) in [6.45, 7) is 7.52. The van der Waals surface area contributed by atoms with Crippen molar-refractivity contribution in [3.63, 3.8) is 0 Å². The minimum absolute atomic E-state index is 0.0680. The van der Waals surface area contributed by atoms with Gasteiger partial charge in [-0.25, -0.2) is 14.8 Å². The highest BCUT2D eigenvalue weighted by molar-refractivity contribution is 7.20. The van der Waals surface area contributed by atoms with Gasteiger partial charge in [0.15, 0.2) is 11.0 Å². The summed E-state index contributed by atoms with van der Waals surface area (Å²) in [6, 6.07) is 1.58. The molecular weight excluding hydrogens is 428 g/mol. The zero-order valence-corrected chi connectivity index (χ0v) is 18.5. The molecule has 0 saturated carbocycles. The zero-order valence-electron chi connectivity index (χ0n) is 17.0. The standard InChI is InChI=1S/C19H23ClN6O3S/c1-4-7-26(8-5-2)15-10-9-12(18(28)29)30-17(10)25-19(23-15)24-16(27)14-21-11(6-3)13(20)22-14/h9H,4-8H2,1-3H3,(H,21,22)(H,28,29)(H,23,24,25,27). The van der Waals surface area contributed by atoms with Crippen molar-refractivity contribution in [2.24, 2.45) is 0 Å². The monoisotopic (exact) mass is 450 g/mol. The Morgan fingerprint density at radius 2 is 1.90 bits per heavy atom. The molecule has 1 amide bonds. The van der Waals surface area contributed by atoms with Crippen LogP contribution in [0.2, 0.25) is 5.15 Å². The van der Waals surface area contributed by atoms with E-state index >= 15 is 0 Å². The maximum Gasteiger partial charge on any atom is 0.345 e. The molecule has 0 atom stereocenters. The number of aryl methyl sites for hydroxylation is 1. The van der Waals surface area contributed by atoms with Crippen LogP contribution in [-0.4, -0.2) is 50.0 Å². The number of halogens is 1. The molecule has 0 aliphatic rings. The van der Waals surface area contributed by atoms with Crippen molar-refractivity contribution in [1.29, 1.82) is 0 Å². The molecule has 0 aliphatic heterocycles. The molecule has 11 heteroatoms. The van der Waals surface area contributed by atoms with E-state index in [0.717, 1.165) is 37.3 Å². The van der Waals surface area contributed by atoms with Crippen LogP contribution in [0.25, 0.3) is 10.2 Å². The molecule has 0 bridgehead atoms. The Morgan fingerprint density at radius 3 is 2.47 bits per heavy atom. The minimum atomic E-state index is -1.02. The fourth-order valence-electron chi connectivity index (χ4n) is 3.06. The lowest BCUT2D eigenvalue weighted by molar-refractivity contribution is 0.0702. The first-order chi connectivity index (χ1) is 14.4. The number of thiophene rings is 1. The van der Waals surface area contributed by atoms with Gasteiger partial charge in [0.1, 0.15) is 15.5 Å². The Kier molecular flexibility index (Phi) is 6.88. The van der Waals surface area contributed by atoms with Gasteiger partial charge < -0.3 is 15.0 Å². The molecule has 3 N–H and O–H groups in total. The number of hydrogen-bond donors (Lipinski definition) is 3. The lowest BCUT2D eigenvalue weighted by atomic mass is 10.3. The SMILES string of the molecule is CCCN(CCC)c1nc(NC(=O)c2nc(Cl)c(CC)[nH]2)nc2sc(C(=O)O)cc12. The van der Waals surface area contributed by atoms with Crippen molar-refractivity contribution in [3.8, 4) is 0 Å². The van der Waals surface area contributed by atoms with Crippen molar-refractivity contribution in [2.75, 3.05) is 23.3 Å². The number of nitrogens with one attached hydrogen (secondary N) is 2. The van der Waals surface area contributed by atoms with Crippen molar-refractivity contribution in [2.45, 2.75) is 40.0 Å². The second-order valence-corrected chi connectivity index (χ2v) is 8.04. The predicted octanol–water partition coefficient (Wildman–Crippen LogP) is 4.21. The largest absolute Gasteiger partial charge is 0.477 e. The summed E-state index contributed by atoms with van der Waals surface area (Å²) in [7, 11) is 0. The van der Waals surface area contributed by atoms with Gasteiger partial charge in [-0.15, -0.1) is 11.3 Å². The molecule has 3 heterocycles. The number of fused-ring (bicyclic) bond motifs is 1. The number of carboxylic acid groups (broad SMARTS) is 1. The van der Waals surface area contributed by atoms with Gasteiger partial charge in [0, 0.05) is 13.1 Å². The lowest BCUT2D eigenvalue weighted by Gasteiger charge is -2.23. The van der Waals surface area contributed by atoms with Gasteiger partial charge in [0.25, 0.3) is 5.91 Å². The van der Waals surface area contributed by atoms with E-state index in [1.54, 1.807) is 6.07 Å². The van der Waals surface area contributed by atoms with Crippen molar-refractivity contribution >= 4 is 56.8 Å². The number of carbonyl (C=O) groups is 2. The molecule has 0 aromatic carbocycles. The number of aromatic amines is 1. The predicted molar refractivity (Wildman–Crippen MR) is 118 cm³/mol. The molecule has 3 aromatic rings. The van der Waals surface area contributed by atoms with Crippen LogP contribution in [0.4, 0.5) is 11.8 Å². The average molecular weight is 451 g/mol. The Hall–Kier alpha value is -2.72. The normalized spacial score (nSPS) is 11.1. The molecule has 3 rings (SSSR count). The van der Waals surface area contributed by atoms with Crippen molar-refractivity contribution in [3.05, 3.63) is 27.6 Å². The van der Waals surface area contributed by atoms with Gasteiger partial charge in [-0.05, 0) is 25.3 Å². The number of carbonyl (C=O) groups excluding carboxylic acids is 1. The minimum Gasteiger partial charge on any atom is -0.477 e. The number of H-pyrrole nitrogens is 1. The molecule has 0 aliphatic carbocycles. The molecule has 0 radical (unpaired) electrons. The molecule has 9 nitrogen and oxygen atoms in total. The van der Waals surface area contributed by atoms with Crippen LogP contribution in [0.5, 0.6) is 0 Å². The van der Waals surface area contributed by atoms with Crippen LogP contribution in [0.15, 0.2) is 6.07 Å². The van der Waals surface area contributed by atoms with Crippen LogP contribution in [0.3, 0.4) is 0 Å². The first-order valence-corrected chi connectivity index (χ1v) is 10.9. The fourth-order valence-corrected chi connectivity index (χ4v) is 4.19. The Bertz CT molecular complexity index is 1070. The van der Waals surface area contributed by atoms with Crippen LogP contribution in [0, 0.1) is 0 Å². The Labute approximate surface area is 182 Å². The van der Waals surface area contributed by atoms with E-state index in [1.807, 2.05) is 6.92 Å². The summed E-state index contributed by atoms with van der Waals surface area (Å²) in [5.41, 5.74) is 0.667. The number of rotatable bonds is 9. The first kappa shape index (κ1) is 22.0. The smallest absolute Gasteiger partial charge is 0.345 e. The second kappa shape index (κ2) is 9.40. The van der Waals surface area contributed by atoms with Crippen LogP contribution in [0.1, 0.15) is 59.6 Å². The summed E-state index contributed by atoms with van der Waals surface area (Å²) >= 11 is 7.07. The third-order valence-corrected chi connectivity index (χ3v) is 5.72. The number of aromatic carboxylic acids is 1. The van der Waals surface area contributed by atoms with E-state index in [-0.39, 0.29) is 21.8 Å². The van der Waals surface area contributed by atoms with Gasteiger partial charge in [-0.2, -0.15) is 4.98 Å². The van der Waals surface area contributed by atoms with Crippen LogP contribution < -0.4 is 10.2 Å². The number of aromatic nitrogens is 4. The van der Waals surface area contributed by atoms with E-state index in [9.17, 15) is 14.7 Å². The number of hydrogen-bond acceptors (Lipinski definition) is 7. The second-order valence-electron chi connectivity index (χ2n) is 6.65. The summed E-state index contributed by atoms with van der Waals surface area (Å²) < 4.78 is 0. The third-order valence-electron chi connectivity index (χ3n) is 4.39. The van der Waals surface area contributed by atoms with E-state index < -0.39 is 11.9 Å². The lowest BCUT2D eigenvalue weighted by Crippen LogP contribution is -2.27. The van der Waals surface area contributed by atoms with E-state index in [1.165, 1.54) is 0 Å². The number of anilines is 2. The Balaban J connectivity index is 2.03. The van der Waals surface area contributed by atoms with Gasteiger partial charge in [0.2, 0.25) is 5.95 Å². The first-order valence-electron chi connectivity index (χ1n) is 9.73. The molecule has 0 fully saturated rings. The van der Waals surface area contributed by atoms with Gasteiger partial charge in [-0.1, -0.05) is 32.4 Å². The average Bonchev–Trinajstić information content (AvgIpc) is 3.30. The topological polar surface area (TPSA) is 124 Å². The quantitative estimate of drug-likeness (QED) is 0.446. The van der Waals surface area contributed by atoms with Crippen LogP contribution in [-0.2, 0) is 6.42 Å². The number of imidazole rings is 1. The van der Waals surface area contributed by atoms with Gasteiger partial charge >= 0.3 is 5.97 Å². The molecule has 160 valence electrons. The van der Waals surface area contributed by atoms with Gasteiger partial charge in [0.05, 0.1) is 11.1 Å². The van der Waals surface area contributed by atoms with Gasteiger partial charge in [-0.3, -0.25) is 10.1 Å². The maximum absolute atomic E-state index is 12.6. The fraction of sp³-hybridized carbons (Fsp3) is 0.421. The number of nitrogens with zero attached hydrogens (tertiary/aromatic N) is 4. The van der Waals surface area contributed by atoms with E-state index in [0.29, 0.717) is 28.1 Å². The highest BCUT2D eigenvalue weighted by Crippen LogP contribution is 2.32. The third kappa shape index (κ3) is 4.54. The highest BCUT2D eigenvalue weighted by Gasteiger charge is 2.21. The number of amides is 1. The highest BCUT2D eigenvalue weighted by atomic mass is 35.5. The molecule has 0 saturated heterocycles. The van der Waals surface area contributed by atoms with Crippen molar-refractivity contribution < 1.29 is 14.7 Å². The molecular formula is C19H23ClN6O3S.